The van der Waals surface area contributed by atoms with E-state index >= 15 is 0 Å². The zero-order valence-electron chi connectivity index (χ0n) is 10.4. The average molecular weight is 236 g/mol. The van der Waals surface area contributed by atoms with Crippen LogP contribution in [0.2, 0.25) is 0 Å². The fourth-order valence-electron chi connectivity index (χ4n) is 3.00. The van der Waals surface area contributed by atoms with Crippen molar-refractivity contribution in [2.45, 2.75) is 32.7 Å². The highest BCUT2D eigenvalue weighted by Crippen LogP contribution is 2.36. The first kappa shape index (κ1) is 11.2. The van der Waals surface area contributed by atoms with Crippen LogP contribution < -0.4 is 5.32 Å². The minimum atomic E-state index is 0.525. The van der Waals surface area contributed by atoms with Gasteiger partial charge in [-0.05, 0) is 31.3 Å². The molecule has 5 heteroatoms. The topological polar surface area (TPSA) is 54.2 Å². The Morgan fingerprint density at radius 3 is 3.12 bits per heavy atom. The average Bonchev–Trinajstić information content (AvgIpc) is 3.03. The molecule has 3 heterocycles. The van der Waals surface area contributed by atoms with Crippen LogP contribution in [0.1, 0.15) is 31.5 Å². The minimum absolute atomic E-state index is 0.525. The molecule has 1 unspecified atom stereocenters. The van der Waals surface area contributed by atoms with Crippen LogP contribution in [0.25, 0.3) is 0 Å². The number of likely N-dealkylation sites (tertiary alicyclic amines) is 1. The first-order valence-electron chi connectivity index (χ1n) is 6.54. The molecule has 17 heavy (non-hydrogen) atoms. The van der Waals surface area contributed by atoms with Crippen molar-refractivity contribution < 1.29 is 4.52 Å². The summed E-state index contributed by atoms with van der Waals surface area (Å²) in [6.07, 6.45) is 3.44. The Bertz CT molecular complexity index is 384. The predicted octanol–water partition coefficient (Wildman–Crippen LogP) is 0.817. The third-order valence-corrected chi connectivity index (χ3v) is 4.03. The van der Waals surface area contributed by atoms with Crippen molar-refractivity contribution in [3.8, 4) is 0 Å². The van der Waals surface area contributed by atoms with Gasteiger partial charge < -0.3 is 9.84 Å². The molecule has 5 nitrogen and oxygen atoms in total. The van der Waals surface area contributed by atoms with Crippen LogP contribution in [0.3, 0.4) is 0 Å². The number of nitrogens with one attached hydrogen (secondary N) is 1. The van der Waals surface area contributed by atoms with Crippen LogP contribution in [0, 0.1) is 5.41 Å². The molecule has 0 amide bonds. The fraction of sp³-hybridized carbons (Fsp3) is 0.833. The van der Waals surface area contributed by atoms with Crippen molar-refractivity contribution >= 4 is 0 Å². The molecule has 1 atom stereocenters. The van der Waals surface area contributed by atoms with Crippen molar-refractivity contribution in [3.05, 3.63) is 11.7 Å². The normalized spacial score (nSPS) is 29.5. The number of hydrogen-bond acceptors (Lipinski definition) is 5. The molecule has 1 spiro atoms. The Morgan fingerprint density at radius 1 is 1.47 bits per heavy atom. The monoisotopic (exact) mass is 236 g/mol. The summed E-state index contributed by atoms with van der Waals surface area (Å²) in [6.45, 7) is 7.57. The minimum Gasteiger partial charge on any atom is -0.339 e. The maximum absolute atomic E-state index is 5.14. The molecule has 2 saturated heterocycles. The Hall–Kier alpha value is -0.940. The Morgan fingerprint density at radius 2 is 2.41 bits per heavy atom. The standard InChI is InChI=1S/C12H20N4O/c1-2-11-14-10(15-17-11)7-16-6-4-12(9-16)3-5-13-8-12/h13H,2-9H2,1H3. The predicted molar refractivity (Wildman–Crippen MR) is 63.5 cm³/mol. The molecular weight excluding hydrogens is 216 g/mol. The highest BCUT2D eigenvalue weighted by Gasteiger charge is 2.40. The van der Waals surface area contributed by atoms with Crippen LogP contribution in [-0.2, 0) is 13.0 Å². The van der Waals surface area contributed by atoms with Gasteiger partial charge in [0.1, 0.15) is 0 Å². The molecular formula is C12H20N4O. The van der Waals surface area contributed by atoms with Crippen molar-refractivity contribution in [1.82, 2.24) is 20.4 Å². The Labute approximate surface area is 102 Å². The van der Waals surface area contributed by atoms with Gasteiger partial charge in [-0.2, -0.15) is 4.98 Å². The molecule has 0 aromatic carbocycles. The second kappa shape index (κ2) is 4.38. The summed E-state index contributed by atoms with van der Waals surface area (Å²) < 4.78 is 5.14. The smallest absolute Gasteiger partial charge is 0.226 e. The highest BCUT2D eigenvalue weighted by atomic mass is 16.5. The van der Waals surface area contributed by atoms with Gasteiger partial charge in [0.25, 0.3) is 0 Å². The molecule has 2 aliphatic rings. The number of aryl methyl sites for hydroxylation is 1. The molecule has 0 bridgehead atoms. The SMILES string of the molecule is CCc1nc(CN2CCC3(CCNC3)C2)no1. The van der Waals surface area contributed by atoms with Gasteiger partial charge in [0.2, 0.25) is 5.89 Å². The van der Waals surface area contributed by atoms with Crippen LogP contribution in [0.5, 0.6) is 0 Å². The maximum Gasteiger partial charge on any atom is 0.226 e. The van der Waals surface area contributed by atoms with Gasteiger partial charge in [-0.25, -0.2) is 0 Å². The number of aromatic nitrogens is 2. The number of rotatable bonds is 3. The van der Waals surface area contributed by atoms with E-state index in [1.54, 1.807) is 0 Å². The molecule has 94 valence electrons. The second-order valence-electron chi connectivity index (χ2n) is 5.35. The molecule has 3 rings (SSSR count). The van der Waals surface area contributed by atoms with Crippen LogP contribution >= 0.6 is 0 Å². The molecule has 0 saturated carbocycles. The van der Waals surface area contributed by atoms with E-state index in [0.717, 1.165) is 31.2 Å². The van der Waals surface area contributed by atoms with Crippen LogP contribution in [0.4, 0.5) is 0 Å². The summed E-state index contributed by atoms with van der Waals surface area (Å²) in [6, 6.07) is 0. The summed E-state index contributed by atoms with van der Waals surface area (Å²) in [5.74, 6) is 1.58. The van der Waals surface area contributed by atoms with Gasteiger partial charge >= 0.3 is 0 Å². The lowest BCUT2D eigenvalue weighted by Crippen LogP contribution is -2.29. The van der Waals surface area contributed by atoms with Crippen molar-refractivity contribution in [2.75, 3.05) is 26.2 Å². The molecule has 1 N–H and O–H groups in total. The van der Waals surface area contributed by atoms with Crippen molar-refractivity contribution in [3.63, 3.8) is 0 Å². The zero-order valence-corrected chi connectivity index (χ0v) is 10.4. The van der Waals surface area contributed by atoms with E-state index in [9.17, 15) is 0 Å². The summed E-state index contributed by atoms with van der Waals surface area (Å²) >= 11 is 0. The summed E-state index contributed by atoms with van der Waals surface area (Å²) in [4.78, 5) is 6.83. The van der Waals surface area contributed by atoms with Crippen LogP contribution in [0.15, 0.2) is 4.52 Å². The molecule has 0 aliphatic carbocycles. The Kier molecular flexibility index (Phi) is 2.88. The molecule has 2 aliphatic heterocycles. The zero-order chi connectivity index (χ0) is 11.7. The number of nitrogens with zero attached hydrogens (tertiary/aromatic N) is 3. The third-order valence-electron chi connectivity index (χ3n) is 4.03. The van der Waals surface area contributed by atoms with E-state index in [4.69, 9.17) is 4.52 Å². The lowest BCUT2D eigenvalue weighted by molar-refractivity contribution is 0.260. The van der Waals surface area contributed by atoms with Gasteiger partial charge in [-0.3, -0.25) is 4.90 Å². The van der Waals surface area contributed by atoms with Gasteiger partial charge in [0.05, 0.1) is 6.54 Å². The third kappa shape index (κ3) is 2.21. The quantitative estimate of drug-likeness (QED) is 0.842. The highest BCUT2D eigenvalue weighted by molar-refractivity contribution is 4.97. The maximum atomic E-state index is 5.14. The first-order chi connectivity index (χ1) is 8.30. The fourth-order valence-corrected chi connectivity index (χ4v) is 3.00. The molecule has 1 aromatic rings. The second-order valence-corrected chi connectivity index (χ2v) is 5.35. The van der Waals surface area contributed by atoms with Gasteiger partial charge in [-0.1, -0.05) is 12.1 Å². The van der Waals surface area contributed by atoms with E-state index in [1.807, 2.05) is 6.92 Å². The van der Waals surface area contributed by atoms with Crippen molar-refractivity contribution in [2.24, 2.45) is 5.41 Å². The molecule has 2 fully saturated rings. The van der Waals surface area contributed by atoms with E-state index in [0.29, 0.717) is 5.41 Å². The first-order valence-corrected chi connectivity index (χ1v) is 6.54. The summed E-state index contributed by atoms with van der Waals surface area (Å²) in [5.41, 5.74) is 0.525. The largest absolute Gasteiger partial charge is 0.339 e. The van der Waals surface area contributed by atoms with E-state index in [-0.39, 0.29) is 0 Å². The van der Waals surface area contributed by atoms with E-state index in [2.05, 4.69) is 20.4 Å². The number of hydrogen-bond donors (Lipinski definition) is 1. The molecule has 0 radical (unpaired) electrons. The lowest BCUT2D eigenvalue weighted by Gasteiger charge is -2.21. The van der Waals surface area contributed by atoms with Crippen molar-refractivity contribution in [1.29, 1.82) is 0 Å². The van der Waals surface area contributed by atoms with E-state index in [1.165, 1.54) is 32.5 Å². The van der Waals surface area contributed by atoms with Crippen LogP contribution in [-0.4, -0.2) is 41.2 Å². The van der Waals surface area contributed by atoms with Gasteiger partial charge in [0, 0.05) is 19.5 Å². The van der Waals surface area contributed by atoms with Gasteiger partial charge in [-0.15, -0.1) is 0 Å². The summed E-state index contributed by atoms with van der Waals surface area (Å²) in [5, 5.41) is 7.50. The van der Waals surface area contributed by atoms with E-state index < -0.39 is 0 Å². The van der Waals surface area contributed by atoms with Gasteiger partial charge in [0.15, 0.2) is 5.82 Å². The summed E-state index contributed by atoms with van der Waals surface area (Å²) in [7, 11) is 0. The Balaban J connectivity index is 1.59. The lowest BCUT2D eigenvalue weighted by atomic mass is 9.87. The molecule has 1 aromatic heterocycles.